The second-order valence-corrected chi connectivity index (χ2v) is 5.40. The highest BCUT2D eigenvalue weighted by Gasteiger charge is 2.13. The summed E-state index contributed by atoms with van der Waals surface area (Å²) in [5.74, 6) is -0.102. The maximum absolute atomic E-state index is 11.9. The summed E-state index contributed by atoms with van der Waals surface area (Å²) in [6, 6.07) is 3.69. The van der Waals surface area contributed by atoms with Crippen LogP contribution in [0.1, 0.15) is 23.0 Å². The van der Waals surface area contributed by atoms with Crippen LogP contribution in [-0.2, 0) is 6.54 Å². The van der Waals surface area contributed by atoms with Gasteiger partial charge in [-0.2, -0.15) is 5.10 Å². The van der Waals surface area contributed by atoms with Gasteiger partial charge in [0.15, 0.2) is 0 Å². The molecule has 0 aliphatic carbocycles. The number of hydrogen-bond acceptors (Lipinski definition) is 5. The molecule has 0 atom stereocenters. The number of nitrogen functional groups attached to an aromatic ring is 1. The van der Waals surface area contributed by atoms with Gasteiger partial charge in [0.2, 0.25) is 0 Å². The summed E-state index contributed by atoms with van der Waals surface area (Å²) in [5.41, 5.74) is 6.39. The number of nitrogens with zero attached hydrogens (tertiary/aromatic N) is 2. The van der Waals surface area contributed by atoms with Crippen LogP contribution >= 0.6 is 11.3 Å². The average molecular weight is 293 g/mol. The normalized spacial score (nSPS) is 10.4. The van der Waals surface area contributed by atoms with Crippen LogP contribution in [0.5, 0.6) is 0 Å². The first-order valence-corrected chi connectivity index (χ1v) is 7.41. The van der Waals surface area contributed by atoms with Crippen molar-refractivity contribution in [1.82, 2.24) is 15.1 Å². The Labute approximate surface area is 122 Å². The SMILES string of the molecule is CCCNC(=O)c1sc(NCCn2cccn2)cc1N. The van der Waals surface area contributed by atoms with Crippen LogP contribution in [-0.4, -0.2) is 28.8 Å². The van der Waals surface area contributed by atoms with Gasteiger partial charge in [0.25, 0.3) is 5.91 Å². The van der Waals surface area contributed by atoms with E-state index < -0.39 is 0 Å². The number of aromatic nitrogens is 2. The minimum atomic E-state index is -0.102. The lowest BCUT2D eigenvalue weighted by Crippen LogP contribution is -2.23. The molecule has 0 bridgehead atoms. The predicted octanol–water partition coefficient (Wildman–Crippen LogP) is 1.78. The lowest BCUT2D eigenvalue weighted by molar-refractivity contribution is 0.0958. The monoisotopic (exact) mass is 293 g/mol. The number of amides is 1. The van der Waals surface area contributed by atoms with Crippen molar-refractivity contribution in [2.45, 2.75) is 19.9 Å². The van der Waals surface area contributed by atoms with Crippen LogP contribution in [0.25, 0.3) is 0 Å². The fourth-order valence-electron chi connectivity index (χ4n) is 1.71. The molecule has 0 aliphatic heterocycles. The molecule has 0 spiro atoms. The quantitative estimate of drug-likeness (QED) is 0.726. The first kappa shape index (κ1) is 14.4. The van der Waals surface area contributed by atoms with Gasteiger partial charge in [-0.15, -0.1) is 11.3 Å². The standard InChI is InChI=1S/C13H19N5OS/c1-2-4-16-13(19)12-10(14)9-11(20-12)15-6-8-18-7-3-5-17-18/h3,5,7,9,15H,2,4,6,8,14H2,1H3,(H,16,19). The van der Waals surface area contributed by atoms with E-state index in [2.05, 4.69) is 15.7 Å². The Morgan fingerprint density at radius 3 is 3.05 bits per heavy atom. The van der Waals surface area contributed by atoms with Crippen molar-refractivity contribution in [2.24, 2.45) is 0 Å². The highest BCUT2D eigenvalue weighted by molar-refractivity contribution is 7.18. The molecule has 2 aromatic heterocycles. The van der Waals surface area contributed by atoms with Crippen molar-refractivity contribution in [3.8, 4) is 0 Å². The van der Waals surface area contributed by atoms with Gasteiger partial charge in [0, 0.05) is 25.5 Å². The number of anilines is 2. The fourth-order valence-corrected chi connectivity index (χ4v) is 2.64. The molecule has 0 aliphatic rings. The van der Waals surface area contributed by atoms with Gasteiger partial charge >= 0.3 is 0 Å². The second kappa shape index (κ2) is 6.95. The number of rotatable bonds is 7. The Hall–Kier alpha value is -2.02. The topological polar surface area (TPSA) is 85.0 Å². The van der Waals surface area contributed by atoms with Crippen molar-refractivity contribution in [1.29, 1.82) is 0 Å². The van der Waals surface area contributed by atoms with Crippen LogP contribution in [0.15, 0.2) is 24.5 Å². The largest absolute Gasteiger partial charge is 0.397 e. The highest BCUT2D eigenvalue weighted by Crippen LogP contribution is 2.28. The number of thiophene rings is 1. The van der Waals surface area contributed by atoms with E-state index in [4.69, 9.17) is 5.73 Å². The maximum Gasteiger partial charge on any atom is 0.263 e. The summed E-state index contributed by atoms with van der Waals surface area (Å²) in [5, 5.41) is 11.1. The van der Waals surface area contributed by atoms with Crippen LogP contribution in [0.4, 0.5) is 10.7 Å². The van der Waals surface area contributed by atoms with E-state index in [1.54, 1.807) is 12.3 Å². The first-order valence-electron chi connectivity index (χ1n) is 6.59. The summed E-state index contributed by atoms with van der Waals surface area (Å²) in [7, 11) is 0. The molecule has 0 saturated carbocycles. The molecule has 0 fully saturated rings. The van der Waals surface area contributed by atoms with E-state index >= 15 is 0 Å². The van der Waals surface area contributed by atoms with Gasteiger partial charge in [0.05, 0.1) is 17.2 Å². The van der Waals surface area contributed by atoms with Gasteiger partial charge in [-0.1, -0.05) is 6.92 Å². The molecule has 20 heavy (non-hydrogen) atoms. The van der Waals surface area contributed by atoms with Crippen LogP contribution < -0.4 is 16.4 Å². The van der Waals surface area contributed by atoms with Crippen LogP contribution in [0, 0.1) is 0 Å². The Balaban J connectivity index is 1.88. The lowest BCUT2D eigenvalue weighted by atomic mass is 10.3. The molecule has 2 aromatic rings. The number of nitrogens with two attached hydrogens (primary N) is 1. The van der Waals surface area contributed by atoms with Gasteiger partial charge < -0.3 is 16.4 Å². The van der Waals surface area contributed by atoms with Gasteiger partial charge in [-0.05, 0) is 18.6 Å². The molecule has 108 valence electrons. The number of nitrogens with one attached hydrogen (secondary N) is 2. The predicted molar refractivity (Wildman–Crippen MR) is 82.1 cm³/mol. The minimum Gasteiger partial charge on any atom is -0.397 e. The molecule has 0 radical (unpaired) electrons. The second-order valence-electron chi connectivity index (χ2n) is 4.35. The molecule has 7 heteroatoms. The zero-order valence-corrected chi connectivity index (χ0v) is 12.2. The number of carbonyl (C=O) groups excluding carboxylic acids is 1. The Kier molecular flexibility index (Phi) is 5.00. The van der Waals surface area contributed by atoms with Gasteiger partial charge in [0.1, 0.15) is 4.88 Å². The molecular formula is C13H19N5OS. The Bertz CT molecular complexity index is 549. The zero-order chi connectivity index (χ0) is 14.4. The van der Waals surface area contributed by atoms with Crippen molar-refractivity contribution in [3.05, 3.63) is 29.4 Å². The smallest absolute Gasteiger partial charge is 0.263 e. The summed E-state index contributed by atoms with van der Waals surface area (Å²) in [6.07, 6.45) is 4.57. The lowest BCUT2D eigenvalue weighted by Gasteiger charge is -2.03. The summed E-state index contributed by atoms with van der Waals surface area (Å²) in [4.78, 5) is 12.4. The van der Waals surface area contributed by atoms with Crippen molar-refractivity contribution < 1.29 is 4.79 Å². The molecule has 0 unspecified atom stereocenters. The molecule has 1 amide bonds. The minimum absolute atomic E-state index is 0.102. The summed E-state index contributed by atoms with van der Waals surface area (Å²) in [6.45, 7) is 4.18. The molecular weight excluding hydrogens is 274 g/mol. The van der Waals surface area contributed by atoms with Crippen LogP contribution in [0.3, 0.4) is 0 Å². The average Bonchev–Trinajstić information content (AvgIpc) is 3.06. The summed E-state index contributed by atoms with van der Waals surface area (Å²) < 4.78 is 1.85. The fraction of sp³-hybridized carbons (Fsp3) is 0.385. The third kappa shape index (κ3) is 3.74. The zero-order valence-electron chi connectivity index (χ0n) is 11.4. The maximum atomic E-state index is 11.9. The molecule has 4 N–H and O–H groups in total. The van der Waals surface area contributed by atoms with E-state index in [0.717, 1.165) is 24.5 Å². The molecule has 2 rings (SSSR count). The number of carbonyl (C=O) groups is 1. The third-order valence-corrected chi connectivity index (χ3v) is 3.81. The van der Waals surface area contributed by atoms with Crippen molar-refractivity contribution in [2.75, 3.05) is 24.1 Å². The molecule has 0 aromatic carbocycles. The first-order chi connectivity index (χ1) is 9.70. The summed E-state index contributed by atoms with van der Waals surface area (Å²) >= 11 is 1.38. The highest BCUT2D eigenvalue weighted by atomic mass is 32.1. The van der Waals surface area contributed by atoms with E-state index in [9.17, 15) is 4.79 Å². The van der Waals surface area contributed by atoms with Gasteiger partial charge in [-0.25, -0.2) is 0 Å². The molecule has 2 heterocycles. The van der Waals surface area contributed by atoms with E-state index in [0.29, 0.717) is 17.1 Å². The van der Waals surface area contributed by atoms with Crippen LogP contribution in [0.2, 0.25) is 0 Å². The van der Waals surface area contributed by atoms with E-state index in [1.165, 1.54) is 11.3 Å². The van der Waals surface area contributed by atoms with Crippen molar-refractivity contribution >= 4 is 27.9 Å². The Morgan fingerprint density at radius 1 is 1.50 bits per heavy atom. The van der Waals surface area contributed by atoms with E-state index in [1.807, 2.05) is 23.9 Å². The Morgan fingerprint density at radius 2 is 2.35 bits per heavy atom. The van der Waals surface area contributed by atoms with E-state index in [-0.39, 0.29) is 5.91 Å². The number of hydrogen-bond donors (Lipinski definition) is 3. The molecule has 6 nitrogen and oxygen atoms in total. The third-order valence-electron chi connectivity index (χ3n) is 2.70. The molecule has 0 saturated heterocycles. The van der Waals surface area contributed by atoms with Gasteiger partial charge in [-0.3, -0.25) is 9.48 Å². The van der Waals surface area contributed by atoms with Crippen molar-refractivity contribution in [3.63, 3.8) is 0 Å².